The van der Waals surface area contributed by atoms with Crippen LogP contribution in [0, 0.1) is 10.1 Å². The monoisotopic (exact) mass is 290 g/mol. The lowest BCUT2D eigenvalue weighted by Gasteiger charge is -2.09. The first kappa shape index (κ1) is 14.3. The summed E-state index contributed by atoms with van der Waals surface area (Å²) in [5, 5.41) is 14.3. The van der Waals surface area contributed by atoms with Crippen LogP contribution in [-0.4, -0.2) is 4.92 Å². The molecule has 0 saturated heterocycles. The Morgan fingerprint density at radius 3 is 2.40 bits per heavy atom. The minimum Gasteiger partial charge on any atom is -0.380 e. The van der Waals surface area contributed by atoms with E-state index in [1.54, 1.807) is 0 Å². The van der Waals surface area contributed by atoms with Crippen LogP contribution in [0.4, 0.5) is 11.4 Å². The summed E-state index contributed by atoms with van der Waals surface area (Å²) in [4.78, 5) is 10.3. The molecule has 0 fully saturated rings. The highest BCUT2D eigenvalue weighted by molar-refractivity contribution is 6.33. The number of nitrogens with one attached hydrogen (secondary N) is 1. The molecule has 0 spiro atoms. The topological polar surface area (TPSA) is 55.2 Å². The van der Waals surface area contributed by atoms with E-state index >= 15 is 0 Å². The van der Waals surface area contributed by atoms with E-state index in [9.17, 15) is 10.1 Å². The zero-order valence-corrected chi connectivity index (χ0v) is 11.9. The number of benzene rings is 2. The normalized spacial score (nSPS) is 10.3. The summed E-state index contributed by atoms with van der Waals surface area (Å²) >= 11 is 6.03. The Balaban J connectivity index is 2.09. The Morgan fingerprint density at radius 1 is 1.15 bits per heavy atom. The second-order valence-corrected chi connectivity index (χ2v) is 4.85. The third kappa shape index (κ3) is 3.48. The van der Waals surface area contributed by atoms with Crippen molar-refractivity contribution in [1.82, 2.24) is 0 Å². The zero-order chi connectivity index (χ0) is 14.5. The van der Waals surface area contributed by atoms with Gasteiger partial charge in [0.25, 0.3) is 5.69 Å². The maximum absolute atomic E-state index is 10.7. The van der Waals surface area contributed by atoms with Gasteiger partial charge in [-0.1, -0.05) is 42.8 Å². The van der Waals surface area contributed by atoms with Gasteiger partial charge in [-0.2, -0.15) is 0 Å². The molecule has 0 saturated carbocycles. The predicted molar refractivity (Wildman–Crippen MR) is 81.3 cm³/mol. The van der Waals surface area contributed by atoms with Crippen LogP contribution in [0.1, 0.15) is 18.1 Å². The summed E-state index contributed by atoms with van der Waals surface area (Å²) in [6.07, 6.45) is 1.00. The highest BCUT2D eigenvalue weighted by Crippen LogP contribution is 2.27. The van der Waals surface area contributed by atoms with E-state index in [0.717, 1.165) is 12.0 Å². The van der Waals surface area contributed by atoms with E-state index in [1.165, 1.54) is 23.8 Å². The Kier molecular flexibility index (Phi) is 4.58. The number of anilines is 1. The lowest BCUT2D eigenvalue weighted by Crippen LogP contribution is -2.01. The van der Waals surface area contributed by atoms with E-state index < -0.39 is 4.92 Å². The minimum absolute atomic E-state index is 0.0261. The Hall–Kier alpha value is -2.07. The van der Waals surface area contributed by atoms with Gasteiger partial charge in [-0.3, -0.25) is 10.1 Å². The number of hydrogen-bond donors (Lipinski definition) is 1. The average Bonchev–Trinajstić information content (AvgIpc) is 2.46. The molecule has 104 valence electrons. The van der Waals surface area contributed by atoms with Crippen molar-refractivity contribution in [3.05, 3.63) is 68.7 Å². The molecule has 0 aliphatic carbocycles. The lowest BCUT2D eigenvalue weighted by molar-refractivity contribution is -0.384. The molecule has 0 atom stereocenters. The number of aryl methyl sites for hydroxylation is 1. The SMILES string of the molecule is CCc1ccc(CNc2cc([N+](=O)[O-])ccc2Cl)cc1. The number of non-ortho nitro benzene ring substituents is 1. The molecule has 0 radical (unpaired) electrons. The average molecular weight is 291 g/mol. The first-order valence-corrected chi connectivity index (χ1v) is 6.73. The molecule has 0 aromatic heterocycles. The Morgan fingerprint density at radius 2 is 1.80 bits per heavy atom. The molecule has 2 rings (SSSR count). The van der Waals surface area contributed by atoms with Gasteiger partial charge in [0.2, 0.25) is 0 Å². The molecule has 20 heavy (non-hydrogen) atoms. The van der Waals surface area contributed by atoms with Crippen LogP contribution in [0.25, 0.3) is 0 Å². The van der Waals surface area contributed by atoms with Crippen LogP contribution in [-0.2, 0) is 13.0 Å². The summed E-state index contributed by atoms with van der Waals surface area (Å²) in [7, 11) is 0. The first-order chi connectivity index (χ1) is 9.60. The molecule has 0 aliphatic heterocycles. The van der Waals surface area contributed by atoms with Gasteiger partial charge in [-0.25, -0.2) is 0 Å². The van der Waals surface area contributed by atoms with Gasteiger partial charge in [0, 0.05) is 18.7 Å². The summed E-state index contributed by atoms with van der Waals surface area (Å²) in [5.74, 6) is 0. The number of hydrogen-bond acceptors (Lipinski definition) is 3. The molecule has 0 amide bonds. The van der Waals surface area contributed by atoms with E-state index in [0.29, 0.717) is 17.3 Å². The summed E-state index contributed by atoms with van der Waals surface area (Å²) in [6.45, 7) is 2.68. The van der Waals surface area contributed by atoms with Gasteiger partial charge in [0.05, 0.1) is 15.6 Å². The molecule has 2 aromatic carbocycles. The molecular weight excluding hydrogens is 276 g/mol. The fraction of sp³-hybridized carbons (Fsp3) is 0.200. The van der Waals surface area contributed by atoms with Gasteiger partial charge < -0.3 is 5.32 Å². The van der Waals surface area contributed by atoms with Gasteiger partial charge in [-0.05, 0) is 23.6 Å². The standard InChI is InChI=1S/C15H15ClN2O2/c1-2-11-3-5-12(6-4-11)10-17-15-9-13(18(19)20)7-8-14(15)16/h3-9,17H,2,10H2,1H3. The molecule has 1 N–H and O–H groups in total. The summed E-state index contributed by atoms with van der Waals surface area (Å²) in [6, 6.07) is 12.6. The molecule has 0 unspecified atom stereocenters. The third-order valence-corrected chi connectivity index (χ3v) is 3.40. The molecule has 0 aliphatic rings. The quantitative estimate of drug-likeness (QED) is 0.655. The second-order valence-electron chi connectivity index (χ2n) is 4.44. The summed E-state index contributed by atoms with van der Waals surface area (Å²) in [5.41, 5.74) is 2.98. The van der Waals surface area contributed by atoms with E-state index in [4.69, 9.17) is 11.6 Å². The lowest BCUT2D eigenvalue weighted by atomic mass is 10.1. The van der Waals surface area contributed by atoms with Crippen molar-refractivity contribution < 1.29 is 4.92 Å². The summed E-state index contributed by atoms with van der Waals surface area (Å²) < 4.78 is 0. The van der Waals surface area contributed by atoms with Gasteiger partial charge in [0.1, 0.15) is 0 Å². The molecule has 0 bridgehead atoms. The van der Waals surface area contributed by atoms with E-state index in [1.807, 2.05) is 12.1 Å². The molecular formula is C15H15ClN2O2. The largest absolute Gasteiger partial charge is 0.380 e. The highest BCUT2D eigenvalue weighted by Gasteiger charge is 2.09. The van der Waals surface area contributed by atoms with E-state index in [2.05, 4.69) is 24.4 Å². The van der Waals surface area contributed by atoms with Crippen molar-refractivity contribution >= 4 is 23.0 Å². The van der Waals surface area contributed by atoms with E-state index in [-0.39, 0.29) is 5.69 Å². The molecule has 2 aromatic rings. The first-order valence-electron chi connectivity index (χ1n) is 6.35. The van der Waals surface area contributed by atoms with Gasteiger partial charge in [0.15, 0.2) is 0 Å². The number of nitro groups is 1. The van der Waals surface area contributed by atoms with Crippen molar-refractivity contribution in [2.45, 2.75) is 19.9 Å². The molecule has 0 heterocycles. The Labute approximate surface area is 122 Å². The number of rotatable bonds is 5. The number of halogens is 1. The van der Waals surface area contributed by atoms with Crippen molar-refractivity contribution in [1.29, 1.82) is 0 Å². The third-order valence-electron chi connectivity index (χ3n) is 3.07. The number of nitro benzene ring substituents is 1. The maximum atomic E-state index is 10.7. The predicted octanol–water partition coefficient (Wildman–Crippen LogP) is 4.42. The molecule has 4 nitrogen and oxygen atoms in total. The highest BCUT2D eigenvalue weighted by atomic mass is 35.5. The Bertz CT molecular complexity index is 612. The fourth-order valence-corrected chi connectivity index (χ4v) is 2.04. The maximum Gasteiger partial charge on any atom is 0.271 e. The van der Waals surface area contributed by atoms with Crippen molar-refractivity contribution in [2.24, 2.45) is 0 Å². The van der Waals surface area contributed by atoms with Crippen LogP contribution in [0.15, 0.2) is 42.5 Å². The van der Waals surface area contributed by atoms with Crippen molar-refractivity contribution in [3.8, 4) is 0 Å². The van der Waals surface area contributed by atoms with Crippen molar-refractivity contribution in [2.75, 3.05) is 5.32 Å². The second kappa shape index (κ2) is 6.39. The van der Waals surface area contributed by atoms with Crippen LogP contribution in [0.5, 0.6) is 0 Å². The minimum atomic E-state index is -0.433. The smallest absolute Gasteiger partial charge is 0.271 e. The van der Waals surface area contributed by atoms with Gasteiger partial charge in [-0.15, -0.1) is 0 Å². The van der Waals surface area contributed by atoms with Gasteiger partial charge >= 0.3 is 0 Å². The van der Waals surface area contributed by atoms with Crippen LogP contribution in [0.2, 0.25) is 5.02 Å². The number of nitrogens with zero attached hydrogens (tertiary/aromatic N) is 1. The molecule has 5 heteroatoms. The van der Waals surface area contributed by atoms with Crippen LogP contribution < -0.4 is 5.32 Å². The zero-order valence-electron chi connectivity index (χ0n) is 11.1. The fourth-order valence-electron chi connectivity index (χ4n) is 1.85. The van der Waals surface area contributed by atoms with Crippen LogP contribution >= 0.6 is 11.6 Å². The van der Waals surface area contributed by atoms with Crippen molar-refractivity contribution in [3.63, 3.8) is 0 Å². The van der Waals surface area contributed by atoms with Crippen LogP contribution in [0.3, 0.4) is 0 Å².